The van der Waals surface area contributed by atoms with Gasteiger partial charge in [-0.1, -0.05) is 0 Å². The van der Waals surface area contributed by atoms with Gasteiger partial charge in [-0.3, -0.25) is 4.90 Å². The quantitative estimate of drug-likeness (QED) is 0.571. The number of nitrogens with zero attached hydrogens (tertiary/aromatic N) is 2. The van der Waals surface area contributed by atoms with Gasteiger partial charge in [-0.15, -0.1) is 0 Å². The predicted octanol–water partition coefficient (Wildman–Crippen LogP) is 0.213. The summed E-state index contributed by atoms with van der Waals surface area (Å²) in [5.74, 6) is 0. The average Bonchev–Trinajstić information content (AvgIpc) is 1.87. The van der Waals surface area contributed by atoms with Crippen LogP contribution in [0.15, 0.2) is 0 Å². The van der Waals surface area contributed by atoms with E-state index in [4.69, 9.17) is 10.4 Å². The molecule has 0 atom stereocenters. The third-order valence-corrected chi connectivity index (χ3v) is 1.39. The zero-order valence-electron chi connectivity index (χ0n) is 6.54. The monoisotopic (exact) mass is 142 g/mol. The van der Waals surface area contributed by atoms with Crippen molar-refractivity contribution in [2.45, 2.75) is 19.9 Å². The molecule has 58 valence electrons. The first kappa shape index (κ1) is 9.41. The lowest BCUT2D eigenvalue weighted by atomic mass is 10.3. The van der Waals surface area contributed by atoms with Crippen molar-refractivity contribution >= 4 is 0 Å². The zero-order valence-corrected chi connectivity index (χ0v) is 6.54. The molecule has 0 amide bonds. The molecule has 0 rings (SSSR count). The Balaban J connectivity index is 3.63. The van der Waals surface area contributed by atoms with Gasteiger partial charge in [0.15, 0.2) is 0 Å². The van der Waals surface area contributed by atoms with Gasteiger partial charge in [0.2, 0.25) is 0 Å². The summed E-state index contributed by atoms with van der Waals surface area (Å²) in [6.07, 6.45) is 0. The number of nitriles is 1. The van der Waals surface area contributed by atoms with Crippen molar-refractivity contribution in [3.05, 3.63) is 0 Å². The summed E-state index contributed by atoms with van der Waals surface area (Å²) in [5.41, 5.74) is 0. The van der Waals surface area contributed by atoms with E-state index in [1.54, 1.807) is 0 Å². The smallest absolute Gasteiger partial charge is 0.0868 e. The average molecular weight is 142 g/mol. The summed E-state index contributed by atoms with van der Waals surface area (Å²) in [6.45, 7) is 5.13. The molecule has 0 radical (unpaired) electrons. The molecule has 10 heavy (non-hydrogen) atoms. The van der Waals surface area contributed by atoms with Crippen molar-refractivity contribution < 1.29 is 5.11 Å². The molecule has 0 aromatic heterocycles. The van der Waals surface area contributed by atoms with Crippen molar-refractivity contribution in [2.24, 2.45) is 0 Å². The molecule has 0 bridgehead atoms. The minimum Gasteiger partial charge on any atom is -0.395 e. The number of aliphatic hydroxyl groups is 1. The van der Waals surface area contributed by atoms with E-state index >= 15 is 0 Å². The Morgan fingerprint density at radius 1 is 1.60 bits per heavy atom. The van der Waals surface area contributed by atoms with Crippen LogP contribution < -0.4 is 0 Å². The van der Waals surface area contributed by atoms with E-state index in [-0.39, 0.29) is 6.61 Å². The maximum Gasteiger partial charge on any atom is 0.0868 e. The minimum atomic E-state index is 0.125. The Morgan fingerprint density at radius 2 is 2.20 bits per heavy atom. The molecule has 0 aromatic carbocycles. The van der Waals surface area contributed by atoms with Crippen LogP contribution in [0.25, 0.3) is 0 Å². The van der Waals surface area contributed by atoms with Crippen LogP contribution in [0.1, 0.15) is 13.8 Å². The fourth-order valence-corrected chi connectivity index (χ4v) is 0.739. The molecule has 0 aliphatic heterocycles. The maximum atomic E-state index is 8.56. The van der Waals surface area contributed by atoms with Crippen molar-refractivity contribution in [3.8, 4) is 6.07 Å². The van der Waals surface area contributed by atoms with Gasteiger partial charge in [0, 0.05) is 12.6 Å². The Morgan fingerprint density at radius 3 is 2.50 bits per heavy atom. The molecule has 0 saturated heterocycles. The van der Waals surface area contributed by atoms with Crippen LogP contribution in [0, 0.1) is 11.3 Å². The van der Waals surface area contributed by atoms with Crippen molar-refractivity contribution in [2.75, 3.05) is 19.7 Å². The number of hydrogen-bond donors (Lipinski definition) is 1. The lowest BCUT2D eigenvalue weighted by Gasteiger charge is -2.21. The van der Waals surface area contributed by atoms with Crippen LogP contribution in [0.3, 0.4) is 0 Å². The van der Waals surface area contributed by atoms with Crippen LogP contribution in [0.4, 0.5) is 0 Å². The molecular weight excluding hydrogens is 128 g/mol. The van der Waals surface area contributed by atoms with Gasteiger partial charge >= 0.3 is 0 Å². The number of rotatable bonds is 4. The van der Waals surface area contributed by atoms with Gasteiger partial charge in [0.05, 0.1) is 19.2 Å². The van der Waals surface area contributed by atoms with Crippen LogP contribution in [0.2, 0.25) is 0 Å². The van der Waals surface area contributed by atoms with E-state index in [9.17, 15) is 0 Å². The number of hydrogen-bond acceptors (Lipinski definition) is 3. The van der Waals surface area contributed by atoms with E-state index in [2.05, 4.69) is 0 Å². The summed E-state index contributed by atoms with van der Waals surface area (Å²) in [5, 5.41) is 16.9. The minimum absolute atomic E-state index is 0.125. The Kier molecular flexibility index (Phi) is 4.91. The second kappa shape index (κ2) is 5.21. The van der Waals surface area contributed by atoms with E-state index < -0.39 is 0 Å². The van der Waals surface area contributed by atoms with Crippen LogP contribution in [0.5, 0.6) is 0 Å². The second-order valence-electron chi connectivity index (χ2n) is 2.45. The van der Waals surface area contributed by atoms with Gasteiger partial charge < -0.3 is 5.11 Å². The summed E-state index contributed by atoms with van der Waals surface area (Å²) in [4.78, 5) is 1.92. The fraction of sp³-hybridized carbons (Fsp3) is 0.857. The summed E-state index contributed by atoms with van der Waals surface area (Å²) in [6, 6.07) is 2.39. The van der Waals surface area contributed by atoms with Crippen LogP contribution >= 0.6 is 0 Å². The van der Waals surface area contributed by atoms with Crippen molar-refractivity contribution in [1.82, 2.24) is 4.90 Å². The third kappa shape index (κ3) is 3.44. The van der Waals surface area contributed by atoms with Gasteiger partial charge in [-0.25, -0.2) is 0 Å². The SMILES string of the molecule is CC(C)N(CC#N)CCO. The van der Waals surface area contributed by atoms with E-state index in [1.807, 2.05) is 24.8 Å². The Labute approximate surface area is 61.9 Å². The summed E-state index contributed by atoms with van der Waals surface area (Å²) < 4.78 is 0. The van der Waals surface area contributed by atoms with Crippen molar-refractivity contribution in [3.63, 3.8) is 0 Å². The number of aliphatic hydroxyl groups excluding tert-OH is 1. The molecule has 0 unspecified atom stereocenters. The molecule has 0 aliphatic carbocycles. The van der Waals surface area contributed by atoms with E-state index in [0.717, 1.165) is 0 Å². The first-order valence-corrected chi connectivity index (χ1v) is 3.44. The summed E-state index contributed by atoms with van der Waals surface area (Å²) in [7, 11) is 0. The molecule has 0 fully saturated rings. The highest BCUT2D eigenvalue weighted by Gasteiger charge is 2.06. The first-order valence-electron chi connectivity index (χ1n) is 3.44. The van der Waals surface area contributed by atoms with Crippen LogP contribution in [-0.4, -0.2) is 35.7 Å². The van der Waals surface area contributed by atoms with Gasteiger partial charge in [-0.05, 0) is 13.8 Å². The topological polar surface area (TPSA) is 47.3 Å². The lowest BCUT2D eigenvalue weighted by molar-refractivity contribution is 0.181. The third-order valence-electron chi connectivity index (χ3n) is 1.39. The summed E-state index contributed by atoms with van der Waals surface area (Å²) >= 11 is 0. The van der Waals surface area contributed by atoms with E-state index in [1.165, 1.54) is 0 Å². The molecule has 1 N–H and O–H groups in total. The van der Waals surface area contributed by atoms with E-state index in [0.29, 0.717) is 19.1 Å². The highest BCUT2D eigenvalue weighted by Crippen LogP contribution is 1.94. The molecule has 0 aliphatic rings. The fourth-order valence-electron chi connectivity index (χ4n) is 0.739. The van der Waals surface area contributed by atoms with Gasteiger partial charge in [-0.2, -0.15) is 5.26 Å². The second-order valence-corrected chi connectivity index (χ2v) is 2.45. The normalized spacial score (nSPS) is 10.4. The molecule has 0 saturated carbocycles. The molecule has 0 spiro atoms. The largest absolute Gasteiger partial charge is 0.395 e. The molecular formula is C7H14N2O. The predicted molar refractivity (Wildman–Crippen MR) is 39.4 cm³/mol. The highest BCUT2D eigenvalue weighted by atomic mass is 16.3. The van der Waals surface area contributed by atoms with Gasteiger partial charge in [0.1, 0.15) is 0 Å². The highest BCUT2D eigenvalue weighted by molar-refractivity contribution is 4.77. The molecule has 3 heteroatoms. The zero-order chi connectivity index (χ0) is 7.98. The molecule has 0 aromatic rings. The van der Waals surface area contributed by atoms with Crippen LogP contribution in [-0.2, 0) is 0 Å². The Hall–Kier alpha value is -0.590. The lowest BCUT2D eigenvalue weighted by Crippen LogP contribution is -2.33. The Bertz CT molecular complexity index is 117. The van der Waals surface area contributed by atoms with Gasteiger partial charge in [0.25, 0.3) is 0 Å². The molecule has 0 heterocycles. The maximum absolute atomic E-state index is 8.56. The van der Waals surface area contributed by atoms with Crippen molar-refractivity contribution in [1.29, 1.82) is 5.26 Å². The standard InChI is InChI=1S/C7H14N2O/c1-7(2)9(4-3-8)5-6-10/h7,10H,4-6H2,1-2H3. The first-order chi connectivity index (χ1) is 4.72. The molecule has 3 nitrogen and oxygen atoms in total.